The van der Waals surface area contributed by atoms with E-state index in [9.17, 15) is 13.2 Å². The van der Waals surface area contributed by atoms with Crippen LogP contribution < -0.4 is 11.3 Å². The Morgan fingerprint density at radius 1 is 1.24 bits per heavy atom. The van der Waals surface area contributed by atoms with Crippen LogP contribution in [0.5, 0.6) is 0 Å². The molecule has 0 amide bonds. The molecule has 1 heterocycles. The second-order valence-electron chi connectivity index (χ2n) is 5.08. The summed E-state index contributed by atoms with van der Waals surface area (Å²) < 4.78 is 37.7. The first-order chi connectivity index (χ1) is 9.91. The fraction of sp³-hybridized carbons (Fsp3) is 0.571. The first-order valence-corrected chi connectivity index (χ1v) is 8.87. The first-order valence-electron chi connectivity index (χ1n) is 6.77. The van der Waals surface area contributed by atoms with Crippen molar-refractivity contribution < 1.29 is 13.2 Å². The van der Waals surface area contributed by atoms with E-state index in [1.165, 1.54) is 0 Å². The number of rotatable bonds is 4. The molecule has 1 aliphatic heterocycles. The normalized spacial score (nSPS) is 24.8. The van der Waals surface area contributed by atoms with Gasteiger partial charge in [0.25, 0.3) is 0 Å². The van der Waals surface area contributed by atoms with Gasteiger partial charge in [-0.05, 0) is 24.1 Å². The molecule has 118 valence electrons. The Bertz CT molecular complexity index is 451. The van der Waals surface area contributed by atoms with E-state index in [0.29, 0.717) is 16.9 Å². The van der Waals surface area contributed by atoms with Crippen LogP contribution in [0.1, 0.15) is 18.1 Å². The number of halogens is 3. The number of hydrazine groups is 1. The van der Waals surface area contributed by atoms with Crippen LogP contribution in [0, 0.1) is 0 Å². The first kappa shape index (κ1) is 17.0. The number of hydrogen-bond donors (Lipinski definition) is 2. The van der Waals surface area contributed by atoms with E-state index in [-0.39, 0.29) is 6.04 Å². The third kappa shape index (κ3) is 4.55. The van der Waals surface area contributed by atoms with Gasteiger partial charge in [0.1, 0.15) is 0 Å². The minimum Gasteiger partial charge on any atom is -0.271 e. The molecule has 7 heteroatoms. The second kappa shape index (κ2) is 7.26. The van der Waals surface area contributed by atoms with Gasteiger partial charge >= 0.3 is 6.18 Å². The zero-order valence-corrected chi connectivity index (χ0v) is 13.3. The monoisotopic (exact) mass is 336 g/mol. The van der Waals surface area contributed by atoms with Gasteiger partial charge in [-0.2, -0.15) is 36.7 Å². The van der Waals surface area contributed by atoms with Crippen LogP contribution in [-0.2, 0) is 12.6 Å². The highest BCUT2D eigenvalue weighted by Crippen LogP contribution is 2.34. The van der Waals surface area contributed by atoms with E-state index in [0.717, 1.165) is 29.2 Å². The van der Waals surface area contributed by atoms with Crippen molar-refractivity contribution in [2.24, 2.45) is 5.84 Å². The highest BCUT2D eigenvalue weighted by atomic mass is 32.2. The average Bonchev–Trinajstić information content (AvgIpc) is 2.45. The van der Waals surface area contributed by atoms with Crippen LogP contribution in [0.4, 0.5) is 13.2 Å². The lowest BCUT2D eigenvalue weighted by Gasteiger charge is -2.34. The average molecular weight is 336 g/mol. The van der Waals surface area contributed by atoms with Crippen molar-refractivity contribution in [2.75, 3.05) is 11.5 Å². The quantitative estimate of drug-likeness (QED) is 0.653. The third-order valence-electron chi connectivity index (χ3n) is 3.58. The van der Waals surface area contributed by atoms with Crippen LogP contribution >= 0.6 is 23.5 Å². The van der Waals surface area contributed by atoms with Crippen molar-refractivity contribution in [1.29, 1.82) is 0 Å². The fourth-order valence-corrected chi connectivity index (χ4v) is 5.39. The summed E-state index contributed by atoms with van der Waals surface area (Å²) in [4.78, 5) is 0. The van der Waals surface area contributed by atoms with E-state index < -0.39 is 11.7 Å². The van der Waals surface area contributed by atoms with Crippen LogP contribution in [-0.4, -0.2) is 28.0 Å². The van der Waals surface area contributed by atoms with Crippen LogP contribution in [0.3, 0.4) is 0 Å². The molecule has 0 aliphatic carbocycles. The summed E-state index contributed by atoms with van der Waals surface area (Å²) in [5, 5.41) is 0.857. The molecule has 1 fully saturated rings. The van der Waals surface area contributed by atoms with Gasteiger partial charge in [0.2, 0.25) is 0 Å². The summed E-state index contributed by atoms with van der Waals surface area (Å²) in [5.41, 5.74) is 3.10. The van der Waals surface area contributed by atoms with E-state index in [4.69, 9.17) is 5.84 Å². The molecule has 1 saturated heterocycles. The predicted octanol–water partition coefficient (Wildman–Crippen LogP) is 3.32. The van der Waals surface area contributed by atoms with Gasteiger partial charge in [0, 0.05) is 28.0 Å². The van der Waals surface area contributed by atoms with Gasteiger partial charge in [0.05, 0.1) is 5.56 Å². The topological polar surface area (TPSA) is 38.0 Å². The molecule has 0 bridgehead atoms. The minimum atomic E-state index is -4.28. The Balaban J connectivity index is 2.04. The molecule has 3 atom stereocenters. The van der Waals surface area contributed by atoms with E-state index >= 15 is 0 Å². The maximum atomic E-state index is 12.6. The Morgan fingerprint density at radius 2 is 1.86 bits per heavy atom. The number of alkyl halides is 3. The third-order valence-corrected chi connectivity index (χ3v) is 6.84. The predicted molar refractivity (Wildman–Crippen MR) is 84.4 cm³/mol. The molecule has 1 aromatic carbocycles. The Kier molecular flexibility index (Phi) is 5.88. The largest absolute Gasteiger partial charge is 0.416 e. The lowest BCUT2D eigenvalue weighted by Crippen LogP contribution is -2.48. The summed E-state index contributed by atoms with van der Waals surface area (Å²) in [6.45, 7) is 2.18. The van der Waals surface area contributed by atoms with Crippen molar-refractivity contribution in [3.63, 3.8) is 0 Å². The number of hydrogen-bond acceptors (Lipinski definition) is 4. The van der Waals surface area contributed by atoms with Crippen molar-refractivity contribution in [3.05, 3.63) is 35.4 Å². The van der Waals surface area contributed by atoms with Gasteiger partial charge in [0.15, 0.2) is 0 Å². The molecule has 2 rings (SSSR count). The smallest absolute Gasteiger partial charge is 0.271 e. The summed E-state index contributed by atoms with van der Waals surface area (Å²) >= 11 is 3.81. The van der Waals surface area contributed by atoms with Crippen LogP contribution in [0.15, 0.2) is 24.3 Å². The van der Waals surface area contributed by atoms with Crippen molar-refractivity contribution in [3.8, 4) is 0 Å². The summed E-state index contributed by atoms with van der Waals surface area (Å²) in [5.74, 6) is 7.89. The summed E-state index contributed by atoms with van der Waals surface area (Å²) in [6.07, 6.45) is -3.65. The molecular weight excluding hydrogens is 317 g/mol. The fourth-order valence-electron chi connectivity index (χ4n) is 2.45. The SMILES string of the molecule is CC1SCCSC1C(Cc1ccc(C(F)(F)F)cc1)NN. The van der Waals surface area contributed by atoms with Gasteiger partial charge in [-0.25, -0.2) is 0 Å². The van der Waals surface area contributed by atoms with Crippen molar-refractivity contribution in [1.82, 2.24) is 5.43 Å². The molecule has 3 N–H and O–H groups in total. The minimum absolute atomic E-state index is 0.0644. The van der Waals surface area contributed by atoms with Gasteiger partial charge < -0.3 is 0 Å². The molecule has 21 heavy (non-hydrogen) atoms. The number of thioether (sulfide) groups is 2. The highest BCUT2D eigenvalue weighted by Gasteiger charge is 2.31. The molecule has 1 aromatic rings. The maximum absolute atomic E-state index is 12.6. The van der Waals surface area contributed by atoms with Crippen molar-refractivity contribution in [2.45, 2.75) is 36.1 Å². The number of benzene rings is 1. The van der Waals surface area contributed by atoms with E-state index in [1.54, 1.807) is 12.1 Å². The standard InChI is InChI=1S/C14H19F3N2S2/c1-9-13(21-7-6-20-9)12(19-18)8-10-2-4-11(5-3-10)14(15,16)17/h2-5,9,12-13,19H,6-8,18H2,1H3. The van der Waals surface area contributed by atoms with Crippen molar-refractivity contribution >= 4 is 23.5 Å². The van der Waals surface area contributed by atoms with Gasteiger partial charge in [-0.15, -0.1) is 0 Å². The van der Waals surface area contributed by atoms with E-state index in [1.807, 2.05) is 23.5 Å². The molecule has 0 spiro atoms. The summed E-state index contributed by atoms with van der Waals surface area (Å²) in [6, 6.07) is 5.41. The Hall–Kier alpha value is -0.370. The van der Waals surface area contributed by atoms with E-state index in [2.05, 4.69) is 12.3 Å². The van der Waals surface area contributed by atoms with Crippen LogP contribution in [0.2, 0.25) is 0 Å². The van der Waals surface area contributed by atoms with Gasteiger partial charge in [-0.1, -0.05) is 19.1 Å². The Morgan fingerprint density at radius 3 is 2.38 bits per heavy atom. The molecule has 0 aromatic heterocycles. The maximum Gasteiger partial charge on any atom is 0.416 e. The Labute approximate surface area is 131 Å². The number of nitrogens with two attached hydrogens (primary N) is 1. The molecule has 2 nitrogen and oxygen atoms in total. The zero-order chi connectivity index (χ0) is 15.5. The second-order valence-corrected chi connectivity index (χ2v) is 7.85. The molecule has 1 aliphatic rings. The molecular formula is C14H19F3N2S2. The summed E-state index contributed by atoms with van der Waals surface area (Å²) in [7, 11) is 0. The number of nitrogens with one attached hydrogen (secondary N) is 1. The van der Waals surface area contributed by atoms with Gasteiger partial charge in [-0.3, -0.25) is 11.3 Å². The lowest BCUT2D eigenvalue weighted by molar-refractivity contribution is -0.137. The highest BCUT2D eigenvalue weighted by molar-refractivity contribution is 8.07. The molecule has 3 unspecified atom stereocenters. The zero-order valence-electron chi connectivity index (χ0n) is 11.7. The molecule has 0 radical (unpaired) electrons. The lowest BCUT2D eigenvalue weighted by atomic mass is 10.0. The molecule has 0 saturated carbocycles. The van der Waals surface area contributed by atoms with Crippen LogP contribution in [0.25, 0.3) is 0 Å².